The molecule has 0 aromatic heterocycles. The van der Waals surface area contributed by atoms with Gasteiger partial charge in [0.2, 0.25) is 0 Å². The second kappa shape index (κ2) is 8.41. The maximum absolute atomic E-state index is 13.7. The van der Waals surface area contributed by atoms with Gasteiger partial charge in [-0.3, -0.25) is 4.31 Å². The van der Waals surface area contributed by atoms with Crippen molar-refractivity contribution in [3.8, 4) is 0 Å². The summed E-state index contributed by atoms with van der Waals surface area (Å²) >= 11 is 0. The number of ether oxygens (including phenoxy) is 1. The number of carbonyl (C=O) groups is 1. The van der Waals surface area contributed by atoms with E-state index in [0.29, 0.717) is 12.0 Å². The van der Waals surface area contributed by atoms with Gasteiger partial charge < -0.3 is 4.74 Å². The molecule has 0 N–H and O–H groups in total. The Morgan fingerprint density at radius 2 is 2.00 bits per heavy atom. The number of benzene rings is 2. The number of hydrogen-bond donors (Lipinski definition) is 0. The van der Waals surface area contributed by atoms with Crippen LogP contribution in [-0.2, 0) is 27.6 Å². The van der Waals surface area contributed by atoms with E-state index in [1.165, 1.54) is 35.2 Å². The molecule has 3 rings (SSSR count). The molecule has 154 valence electrons. The highest BCUT2D eigenvalue weighted by Crippen LogP contribution is 2.37. The Balaban J connectivity index is 2.16. The van der Waals surface area contributed by atoms with Crippen molar-refractivity contribution in [2.45, 2.75) is 50.5 Å². The van der Waals surface area contributed by atoms with E-state index in [2.05, 4.69) is 19.6 Å². The van der Waals surface area contributed by atoms with Gasteiger partial charge in [0.1, 0.15) is 0 Å². The molecule has 29 heavy (non-hydrogen) atoms. The van der Waals surface area contributed by atoms with Gasteiger partial charge in [0.25, 0.3) is 10.0 Å². The largest absolute Gasteiger partial charge is 0.465 e. The minimum absolute atomic E-state index is 0.0781. The van der Waals surface area contributed by atoms with Crippen molar-refractivity contribution >= 4 is 27.8 Å². The second-order valence-electron chi connectivity index (χ2n) is 7.16. The number of methoxy groups -OCH3 is 1. The normalized spacial score (nSPS) is 16.2. The molecule has 0 fully saturated rings. The van der Waals surface area contributed by atoms with E-state index in [4.69, 9.17) is 4.74 Å². The number of sulfonamides is 1. The third-order valence-corrected chi connectivity index (χ3v) is 7.41. The predicted molar refractivity (Wildman–Crippen MR) is 116 cm³/mol. The Hall–Kier alpha value is -2.60. The molecule has 0 saturated carbocycles. The molecule has 1 atom stereocenters. The molecule has 6 heteroatoms. The molecule has 1 aliphatic heterocycles. The fourth-order valence-corrected chi connectivity index (χ4v) is 5.70. The Morgan fingerprint density at radius 1 is 1.24 bits per heavy atom. The first kappa shape index (κ1) is 21.1. The highest BCUT2D eigenvalue weighted by atomic mass is 32.2. The van der Waals surface area contributed by atoms with Crippen LogP contribution in [0.1, 0.15) is 53.7 Å². The second-order valence-corrected chi connectivity index (χ2v) is 8.98. The van der Waals surface area contributed by atoms with Gasteiger partial charge in [0.05, 0.1) is 23.3 Å². The van der Waals surface area contributed by atoms with E-state index in [9.17, 15) is 13.2 Å². The van der Waals surface area contributed by atoms with Crippen LogP contribution in [0.2, 0.25) is 0 Å². The fraction of sp³-hybridized carbons (Fsp3) is 0.348. The molecule has 2 aromatic carbocycles. The van der Waals surface area contributed by atoms with Gasteiger partial charge >= 0.3 is 5.97 Å². The molecule has 1 aliphatic rings. The standard InChI is InChI=1S/C23H27NO4S/c1-5-16-8-13-22-18(14-16)9-11-19(7-3)24(22)29(26,27)20-12-10-17(6-2)21(15-20)23(25)28-4/h6,8,10,12-15,19H,2,5,7,9,11H2,1,3-4H3. The molecular formula is C23H27NO4S. The van der Waals surface area contributed by atoms with Crippen LogP contribution in [0.25, 0.3) is 6.08 Å². The van der Waals surface area contributed by atoms with Crippen molar-refractivity contribution in [1.29, 1.82) is 0 Å². The summed E-state index contributed by atoms with van der Waals surface area (Å²) in [6.07, 6.45) is 4.76. The van der Waals surface area contributed by atoms with E-state index in [1.807, 2.05) is 19.1 Å². The van der Waals surface area contributed by atoms with Gasteiger partial charge in [-0.2, -0.15) is 0 Å². The lowest BCUT2D eigenvalue weighted by Crippen LogP contribution is -2.43. The minimum Gasteiger partial charge on any atom is -0.465 e. The van der Waals surface area contributed by atoms with E-state index in [1.54, 1.807) is 6.07 Å². The van der Waals surface area contributed by atoms with Crippen molar-refractivity contribution in [2.75, 3.05) is 11.4 Å². The van der Waals surface area contributed by atoms with Gasteiger partial charge in [-0.1, -0.05) is 44.7 Å². The van der Waals surface area contributed by atoms with Crippen LogP contribution < -0.4 is 4.31 Å². The summed E-state index contributed by atoms with van der Waals surface area (Å²) in [6.45, 7) is 7.78. The highest BCUT2D eigenvalue weighted by Gasteiger charge is 2.35. The first-order valence-electron chi connectivity index (χ1n) is 9.88. The zero-order valence-corrected chi connectivity index (χ0v) is 18.0. The summed E-state index contributed by atoms with van der Waals surface area (Å²) in [5.74, 6) is -0.587. The number of fused-ring (bicyclic) bond motifs is 1. The average Bonchev–Trinajstić information content (AvgIpc) is 2.76. The quantitative estimate of drug-likeness (QED) is 0.650. The SMILES string of the molecule is C=Cc1ccc(S(=O)(=O)N2c3ccc(CC)cc3CCC2CC)cc1C(=O)OC. The summed E-state index contributed by atoms with van der Waals surface area (Å²) in [4.78, 5) is 12.2. The smallest absolute Gasteiger partial charge is 0.338 e. The molecule has 0 aliphatic carbocycles. The molecule has 5 nitrogen and oxygen atoms in total. The first-order chi connectivity index (χ1) is 13.9. The number of rotatable bonds is 6. The number of esters is 1. The summed E-state index contributed by atoms with van der Waals surface area (Å²) in [7, 11) is -2.58. The molecule has 0 spiro atoms. The maximum Gasteiger partial charge on any atom is 0.338 e. The molecule has 1 unspecified atom stereocenters. The molecule has 0 saturated heterocycles. The summed E-state index contributed by atoms with van der Waals surface area (Å²) < 4.78 is 33.7. The van der Waals surface area contributed by atoms with Crippen molar-refractivity contribution < 1.29 is 17.9 Å². The Morgan fingerprint density at radius 3 is 2.62 bits per heavy atom. The summed E-state index contributed by atoms with van der Waals surface area (Å²) in [5.41, 5.74) is 3.70. The summed E-state index contributed by atoms with van der Waals surface area (Å²) in [5, 5.41) is 0. The maximum atomic E-state index is 13.7. The van der Waals surface area contributed by atoms with Crippen molar-refractivity contribution in [2.24, 2.45) is 0 Å². The number of hydrogen-bond acceptors (Lipinski definition) is 4. The Kier molecular flexibility index (Phi) is 6.13. The number of carbonyl (C=O) groups excluding carboxylic acids is 1. The topological polar surface area (TPSA) is 63.7 Å². The third-order valence-electron chi connectivity index (χ3n) is 5.55. The van der Waals surface area contributed by atoms with E-state index in [-0.39, 0.29) is 16.5 Å². The zero-order chi connectivity index (χ0) is 21.2. The number of nitrogens with zero attached hydrogens (tertiary/aromatic N) is 1. The lowest BCUT2D eigenvalue weighted by molar-refractivity contribution is 0.0600. The molecule has 0 amide bonds. The van der Waals surface area contributed by atoms with Crippen LogP contribution in [0.5, 0.6) is 0 Å². The van der Waals surface area contributed by atoms with Crippen molar-refractivity contribution in [3.63, 3.8) is 0 Å². The van der Waals surface area contributed by atoms with Gasteiger partial charge in [0, 0.05) is 6.04 Å². The number of aryl methyl sites for hydroxylation is 2. The van der Waals surface area contributed by atoms with Crippen LogP contribution in [-0.4, -0.2) is 27.5 Å². The van der Waals surface area contributed by atoms with Crippen LogP contribution in [0.15, 0.2) is 47.9 Å². The van der Waals surface area contributed by atoms with E-state index in [0.717, 1.165) is 30.5 Å². The van der Waals surface area contributed by atoms with Gasteiger partial charge in [-0.05, 0) is 60.6 Å². The number of anilines is 1. The van der Waals surface area contributed by atoms with Gasteiger partial charge in [-0.25, -0.2) is 13.2 Å². The first-order valence-corrected chi connectivity index (χ1v) is 11.3. The fourth-order valence-electron chi connectivity index (χ4n) is 3.88. The van der Waals surface area contributed by atoms with Crippen LogP contribution in [0.4, 0.5) is 5.69 Å². The van der Waals surface area contributed by atoms with E-state index >= 15 is 0 Å². The van der Waals surface area contributed by atoms with Crippen LogP contribution in [0, 0.1) is 0 Å². The van der Waals surface area contributed by atoms with Crippen LogP contribution >= 0.6 is 0 Å². The average molecular weight is 414 g/mol. The Labute approximate surface area is 173 Å². The molecule has 2 aromatic rings. The molecule has 1 heterocycles. The lowest BCUT2D eigenvalue weighted by Gasteiger charge is -2.37. The van der Waals surface area contributed by atoms with Gasteiger partial charge in [-0.15, -0.1) is 0 Å². The molecule has 0 radical (unpaired) electrons. The van der Waals surface area contributed by atoms with Gasteiger partial charge in [0.15, 0.2) is 0 Å². The lowest BCUT2D eigenvalue weighted by atomic mass is 9.94. The molecule has 0 bridgehead atoms. The summed E-state index contributed by atoms with van der Waals surface area (Å²) in [6, 6.07) is 10.4. The third kappa shape index (κ3) is 3.81. The van der Waals surface area contributed by atoms with Crippen molar-refractivity contribution in [1.82, 2.24) is 0 Å². The monoisotopic (exact) mass is 413 g/mol. The van der Waals surface area contributed by atoms with Crippen LogP contribution in [0.3, 0.4) is 0 Å². The van der Waals surface area contributed by atoms with Crippen molar-refractivity contribution in [3.05, 3.63) is 65.2 Å². The Bertz CT molecular complexity index is 1040. The molecular weight excluding hydrogens is 386 g/mol. The predicted octanol–water partition coefficient (Wildman–Crippen LogP) is 4.60. The zero-order valence-electron chi connectivity index (χ0n) is 17.1. The highest BCUT2D eigenvalue weighted by molar-refractivity contribution is 7.92. The van der Waals surface area contributed by atoms with E-state index < -0.39 is 16.0 Å². The minimum atomic E-state index is -3.85.